The maximum atomic E-state index is 6.77. The van der Waals surface area contributed by atoms with Gasteiger partial charge in [0.15, 0.2) is 5.82 Å². The first-order chi connectivity index (χ1) is 15.9. The smallest absolute Gasteiger partial charge is 0.155 e. The second kappa shape index (κ2) is 8.45. The van der Waals surface area contributed by atoms with E-state index >= 15 is 0 Å². The lowest BCUT2D eigenvalue weighted by atomic mass is 9.74. The average molecular weight is 517 g/mol. The molecule has 34 heavy (non-hydrogen) atoms. The highest BCUT2D eigenvalue weighted by atomic mass is 35.5. The molecule has 2 N–H and O–H groups in total. The lowest BCUT2D eigenvalue weighted by Gasteiger charge is -2.42. The number of thiazole rings is 1. The number of piperidine rings is 1. The molecule has 10 heteroatoms. The molecular formula is C24H27Cl2N7S. The first-order valence-electron chi connectivity index (χ1n) is 11.3. The Morgan fingerprint density at radius 1 is 1.09 bits per heavy atom. The summed E-state index contributed by atoms with van der Waals surface area (Å²) in [6.07, 6.45) is 6.68. The van der Waals surface area contributed by atoms with Crippen molar-refractivity contribution in [2.45, 2.75) is 46.1 Å². The Balaban J connectivity index is 0.00000241. The zero-order valence-electron chi connectivity index (χ0n) is 19.4. The molecule has 0 radical (unpaired) electrons. The van der Waals surface area contributed by atoms with Crippen molar-refractivity contribution in [2.75, 3.05) is 18.0 Å². The number of fused-ring (bicyclic) bond motifs is 2. The van der Waals surface area contributed by atoms with Crippen LogP contribution in [0.2, 0.25) is 5.02 Å². The van der Waals surface area contributed by atoms with Gasteiger partial charge in [-0.2, -0.15) is 5.10 Å². The molecule has 6 rings (SSSR count). The number of pyridine rings is 1. The predicted octanol–water partition coefficient (Wildman–Crippen LogP) is 5.09. The van der Waals surface area contributed by atoms with Crippen LogP contribution in [0.25, 0.3) is 16.8 Å². The second-order valence-corrected chi connectivity index (χ2v) is 10.9. The van der Waals surface area contributed by atoms with Crippen molar-refractivity contribution in [3.8, 4) is 11.3 Å². The third-order valence-corrected chi connectivity index (χ3v) is 8.95. The van der Waals surface area contributed by atoms with Crippen LogP contribution >= 0.6 is 35.3 Å². The van der Waals surface area contributed by atoms with Crippen LogP contribution in [-0.4, -0.2) is 37.7 Å². The zero-order valence-corrected chi connectivity index (χ0v) is 21.8. The van der Waals surface area contributed by atoms with Crippen molar-refractivity contribution < 1.29 is 0 Å². The number of nitrogens with zero attached hydrogens (tertiary/aromatic N) is 6. The van der Waals surface area contributed by atoms with E-state index in [1.54, 1.807) is 17.5 Å². The highest BCUT2D eigenvalue weighted by molar-refractivity contribution is 7.11. The van der Waals surface area contributed by atoms with E-state index in [-0.39, 0.29) is 23.9 Å². The molecule has 1 fully saturated rings. The Hall–Kier alpha value is -2.26. The number of halogens is 2. The van der Waals surface area contributed by atoms with Gasteiger partial charge in [-0.1, -0.05) is 11.6 Å². The number of rotatable bonds is 2. The molecule has 0 amide bonds. The molecule has 0 unspecified atom stereocenters. The normalized spacial score (nSPS) is 19.0. The molecule has 1 aliphatic carbocycles. The van der Waals surface area contributed by atoms with Gasteiger partial charge >= 0.3 is 0 Å². The van der Waals surface area contributed by atoms with Crippen LogP contribution in [-0.2, 0) is 6.42 Å². The Labute approximate surface area is 213 Å². The molecule has 1 aliphatic heterocycles. The van der Waals surface area contributed by atoms with Crippen molar-refractivity contribution in [3.05, 3.63) is 56.5 Å². The van der Waals surface area contributed by atoms with Crippen LogP contribution in [0.3, 0.4) is 0 Å². The summed E-state index contributed by atoms with van der Waals surface area (Å²) < 4.78 is 1.97. The topological polar surface area (TPSA) is 85.2 Å². The monoisotopic (exact) mass is 515 g/mol. The molecule has 7 nitrogen and oxygen atoms in total. The van der Waals surface area contributed by atoms with Gasteiger partial charge in [0.2, 0.25) is 0 Å². The largest absolute Gasteiger partial charge is 0.355 e. The molecule has 4 aromatic rings. The minimum absolute atomic E-state index is 0. The summed E-state index contributed by atoms with van der Waals surface area (Å²) in [5.41, 5.74) is 12.6. The van der Waals surface area contributed by atoms with E-state index in [2.05, 4.69) is 21.9 Å². The summed E-state index contributed by atoms with van der Waals surface area (Å²) in [4.78, 5) is 17.8. The molecule has 0 bridgehead atoms. The summed E-state index contributed by atoms with van der Waals surface area (Å²) in [5.74, 6) is 0.973. The minimum atomic E-state index is 0. The van der Waals surface area contributed by atoms with Gasteiger partial charge in [0.1, 0.15) is 5.52 Å². The quantitative estimate of drug-likeness (QED) is 0.400. The first-order valence-corrected chi connectivity index (χ1v) is 12.5. The fraction of sp³-hybridized carbons (Fsp3) is 0.417. The van der Waals surface area contributed by atoms with Crippen molar-refractivity contribution in [1.82, 2.24) is 24.6 Å². The molecule has 5 heterocycles. The van der Waals surface area contributed by atoms with Crippen molar-refractivity contribution in [2.24, 2.45) is 11.1 Å². The van der Waals surface area contributed by atoms with Gasteiger partial charge < -0.3 is 10.6 Å². The van der Waals surface area contributed by atoms with Crippen LogP contribution in [0.5, 0.6) is 0 Å². The SMILES string of the molecule is Cc1nc2c(s1)[C@@H](N)C1(CCN(c3nc(C)c(-c4ccnc(C)c4Cl)n4nccc34)CC1)C2.Cl. The fourth-order valence-corrected chi connectivity index (χ4v) is 6.86. The number of anilines is 1. The summed E-state index contributed by atoms with van der Waals surface area (Å²) in [5, 5.41) is 6.40. The van der Waals surface area contributed by atoms with E-state index in [9.17, 15) is 0 Å². The van der Waals surface area contributed by atoms with E-state index < -0.39 is 0 Å². The molecule has 1 spiro atoms. The van der Waals surface area contributed by atoms with Gasteiger partial charge in [-0.05, 0) is 57.6 Å². The van der Waals surface area contributed by atoms with Gasteiger partial charge in [0.05, 0.1) is 39.0 Å². The maximum Gasteiger partial charge on any atom is 0.155 e. The average Bonchev–Trinajstić information content (AvgIpc) is 3.47. The summed E-state index contributed by atoms with van der Waals surface area (Å²) in [7, 11) is 0. The number of hydrogen-bond acceptors (Lipinski definition) is 7. The maximum absolute atomic E-state index is 6.77. The highest BCUT2D eigenvalue weighted by Gasteiger charge is 2.48. The highest BCUT2D eigenvalue weighted by Crippen LogP contribution is 2.52. The summed E-state index contributed by atoms with van der Waals surface area (Å²) in [6, 6.07) is 4.05. The van der Waals surface area contributed by atoms with Crippen LogP contribution in [0.1, 0.15) is 45.9 Å². The number of aryl methyl sites for hydroxylation is 3. The molecule has 1 saturated heterocycles. The van der Waals surface area contributed by atoms with Crippen LogP contribution in [0, 0.1) is 26.2 Å². The molecule has 4 aromatic heterocycles. The number of nitrogens with two attached hydrogens (primary N) is 1. The second-order valence-electron chi connectivity index (χ2n) is 9.30. The minimum Gasteiger partial charge on any atom is -0.355 e. The molecule has 0 aromatic carbocycles. The predicted molar refractivity (Wildman–Crippen MR) is 139 cm³/mol. The van der Waals surface area contributed by atoms with Gasteiger partial charge in [0, 0.05) is 35.8 Å². The van der Waals surface area contributed by atoms with Crippen molar-refractivity contribution in [3.63, 3.8) is 0 Å². The Kier molecular flexibility index (Phi) is 5.83. The Morgan fingerprint density at radius 3 is 2.59 bits per heavy atom. The third-order valence-electron chi connectivity index (χ3n) is 7.37. The molecule has 1 atom stereocenters. The lowest BCUT2D eigenvalue weighted by molar-refractivity contribution is 0.187. The van der Waals surface area contributed by atoms with Crippen LogP contribution in [0.4, 0.5) is 5.82 Å². The number of hydrogen-bond donors (Lipinski definition) is 1. The first kappa shape index (κ1) is 23.5. The Bertz CT molecular complexity index is 1390. The zero-order chi connectivity index (χ0) is 22.9. The van der Waals surface area contributed by atoms with Crippen molar-refractivity contribution >= 4 is 46.7 Å². The number of aromatic nitrogens is 5. The summed E-state index contributed by atoms with van der Waals surface area (Å²) >= 11 is 8.39. The molecule has 178 valence electrons. The molecular weight excluding hydrogens is 489 g/mol. The Morgan fingerprint density at radius 2 is 1.85 bits per heavy atom. The molecule has 2 aliphatic rings. The lowest BCUT2D eigenvalue weighted by Crippen LogP contribution is -2.44. The van der Waals surface area contributed by atoms with Gasteiger partial charge in [-0.15, -0.1) is 23.7 Å². The fourth-order valence-electron chi connectivity index (χ4n) is 5.57. The van der Waals surface area contributed by atoms with E-state index in [1.165, 1.54) is 10.6 Å². The third kappa shape index (κ3) is 3.42. The molecule has 0 saturated carbocycles. The summed E-state index contributed by atoms with van der Waals surface area (Å²) in [6.45, 7) is 7.85. The van der Waals surface area contributed by atoms with Gasteiger partial charge in [-0.25, -0.2) is 14.5 Å². The van der Waals surface area contributed by atoms with Crippen LogP contribution in [0.15, 0.2) is 24.5 Å². The van der Waals surface area contributed by atoms with E-state index in [4.69, 9.17) is 27.3 Å². The van der Waals surface area contributed by atoms with E-state index in [0.717, 1.165) is 71.3 Å². The van der Waals surface area contributed by atoms with Crippen molar-refractivity contribution in [1.29, 1.82) is 0 Å². The van der Waals surface area contributed by atoms with Gasteiger partial charge in [-0.3, -0.25) is 4.98 Å². The van der Waals surface area contributed by atoms with Crippen LogP contribution < -0.4 is 10.6 Å². The standard InChI is InChI=1S/C24H26ClN7S.ClH/c1-13-19(25)16(4-8-27-13)20-14(2)29-23(18-5-9-28-32(18)20)31-10-6-24(7-11-31)12-17-21(22(24)26)33-15(3)30-17;/h4-5,8-9,22H,6-7,10-12,26H2,1-3H3;1H/t22-;/m1./s1. The van der Waals surface area contributed by atoms with E-state index in [1.807, 2.05) is 36.7 Å². The van der Waals surface area contributed by atoms with Gasteiger partial charge in [0.25, 0.3) is 0 Å². The van der Waals surface area contributed by atoms with E-state index in [0.29, 0.717) is 5.02 Å².